The van der Waals surface area contributed by atoms with E-state index in [-0.39, 0.29) is 0 Å². The van der Waals surface area contributed by atoms with Gasteiger partial charge in [-0.05, 0) is 23.4 Å². The molecule has 1 aromatic rings. The van der Waals surface area contributed by atoms with Crippen LogP contribution in [0.15, 0.2) is 30.5 Å². The molecular formula is C10H10BN. The molecule has 1 rings (SSSR count). The fraction of sp³-hybridized carbons (Fsp3) is 0.100. The highest BCUT2D eigenvalue weighted by Crippen LogP contribution is 1.70. The Balaban J connectivity index is 3.33. The summed E-state index contributed by atoms with van der Waals surface area (Å²) in [6.45, 7) is 1.99. The zero-order valence-electron chi connectivity index (χ0n) is 7.07. The molecular weight excluding hydrogens is 145 g/mol. The maximum absolute atomic E-state index is 5.23. The van der Waals surface area contributed by atoms with Crippen LogP contribution in [0.2, 0.25) is 0 Å². The summed E-state index contributed by atoms with van der Waals surface area (Å²) < 4.78 is 0. The van der Waals surface area contributed by atoms with Crippen molar-refractivity contribution in [2.75, 3.05) is 0 Å². The number of pyridine rings is 1. The minimum Gasteiger partial charge on any atom is -0.264 e. The molecule has 0 atom stereocenters. The minimum absolute atomic E-state index is 1.12. The molecule has 0 aliphatic rings. The lowest BCUT2D eigenvalue weighted by Crippen LogP contribution is -2.23. The van der Waals surface area contributed by atoms with Crippen LogP contribution in [0.25, 0.3) is 12.2 Å². The lowest BCUT2D eigenvalue weighted by molar-refractivity contribution is 1.27. The normalized spacial score (nSPS) is 14.4. The third-order valence-electron chi connectivity index (χ3n) is 1.59. The Morgan fingerprint density at radius 3 is 2.92 bits per heavy atom. The molecule has 0 fully saturated rings. The first-order valence-corrected chi connectivity index (χ1v) is 3.83. The van der Waals surface area contributed by atoms with Crippen molar-refractivity contribution in [3.8, 4) is 0 Å². The Morgan fingerprint density at radius 2 is 2.25 bits per heavy atom. The van der Waals surface area contributed by atoms with Crippen molar-refractivity contribution in [2.45, 2.75) is 6.92 Å². The van der Waals surface area contributed by atoms with Gasteiger partial charge < -0.3 is 0 Å². The zero-order chi connectivity index (χ0) is 8.81. The van der Waals surface area contributed by atoms with Crippen molar-refractivity contribution < 1.29 is 0 Å². The molecule has 0 N–H and O–H groups in total. The predicted molar refractivity (Wildman–Crippen MR) is 53.0 cm³/mol. The standard InChI is InChI=1S/C10H10BN/c1-2-9-8-12-7-5-10(9)4-3-6-11/h2-8H,1H3/b6-3-,9-2-,10-4-. The zero-order valence-corrected chi connectivity index (χ0v) is 7.07. The van der Waals surface area contributed by atoms with Crippen molar-refractivity contribution in [2.24, 2.45) is 0 Å². The lowest BCUT2D eigenvalue weighted by Gasteiger charge is -1.86. The minimum atomic E-state index is 1.12. The molecule has 2 heteroatoms. The monoisotopic (exact) mass is 155 g/mol. The van der Waals surface area contributed by atoms with Gasteiger partial charge in [-0.2, -0.15) is 0 Å². The van der Waals surface area contributed by atoms with Gasteiger partial charge in [0.1, 0.15) is 7.85 Å². The van der Waals surface area contributed by atoms with Crippen LogP contribution in [0, 0.1) is 0 Å². The van der Waals surface area contributed by atoms with Crippen molar-refractivity contribution in [3.05, 3.63) is 40.9 Å². The van der Waals surface area contributed by atoms with Gasteiger partial charge in [0.25, 0.3) is 0 Å². The summed E-state index contributed by atoms with van der Waals surface area (Å²) in [5, 5.41) is 2.25. The fourth-order valence-corrected chi connectivity index (χ4v) is 0.970. The highest BCUT2D eigenvalue weighted by molar-refractivity contribution is 6.17. The molecule has 2 radical (unpaired) electrons. The predicted octanol–water partition coefficient (Wildman–Crippen LogP) is 0.345. The second-order valence-electron chi connectivity index (χ2n) is 2.34. The first kappa shape index (κ1) is 8.79. The molecule has 0 spiro atoms. The van der Waals surface area contributed by atoms with E-state index in [0.717, 1.165) is 10.4 Å². The fourth-order valence-electron chi connectivity index (χ4n) is 0.970. The molecule has 0 aliphatic heterocycles. The summed E-state index contributed by atoms with van der Waals surface area (Å²) >= 11 is 0. The molecule has 0 unspecified atom stereocenters. The van der Waals surface area contributed by atoms with Crippen LogP contribution >= 0.6 is 0 Å². The van der Waals surface area contributed by atoms with Gasteiger partial charge in [0, 0.05) is 12.4 Å². The third kappa shape index (κ3) is 2.09. The van der Waals surface area contributed by atoms with Crippen molar-refractivity contribution in [1.29, 1.82) is 0 Å². The van der Waals surface area contributed by atoms with E-state index in [1.165, 1.54) is 5.98 Å². The molecule has 58 valence electrons. The highest BCUT2D eigenvalue weighted by atomic mass is 14.6. The third-order valence-corrected chi connectivity index (χ3v) is 1.59. The Morgan fingerprint density at radius 1 is 1.42 bits per heavy atom. The van der Waals surface area contributed by atoms with Gasteiger partial charge in [0.2, 0.25) is 0 Å². The number of hydrogen-bond acceptors (Lipinski definition) is 1. The molecule has 0 bridgehead atoms. The van der Waals surface area contributed by atoms with E-state index in [0.29, 0.717) is 0 Å². The van der Waals surface area contributed by atoms with Gasteiger partial charge in [-0.3, -0.25) is 4.98 Å². The Kier molecular flexibility index (Phi) is 3.33. The number of hydrogen-bond donors (Lipinski definition) is 0. The van der Waals surface area contributed by atoms with Crippen molar-refractivity contribution in [3.63, 3.8) is 0 Å². The Labute approximate surface area is 73.6 Å². The van der Waals surface area contributed by atoms with Crippen LogP contribution in [0.1, 0.15) is 6.92 Å². The Bertz CT molecular complexity index is 379. The smallest absolute Gasteiger partial charge is 0.102 e. The van der Waals surface area contributed by atoms with E-state index in [2.05, 4.69) is 4.98 Å². The number of nitrogens with zero attached hydrogens (tertiary/aromatic N) is 1. The van der Waals surface area contributed by atoms with E-state index in [4.69, 9.17) is 7.85 Å². The number of rotatable bonds is 1. The van der Waals surface area contributed by atoms with Crippen LogP contribution in [0.5, 0.6) is 0 Å². The van der Waals surface area contributed by atoms with Crippen LogP contribution in [0.4, 0.5) is 0 Å². The summed E-state index contributed by atoms with van der Waals surface area (Å²) in [5.74, 6) is 1.51. The molecule has 1 aromatic heterocycles. The lowest BCUT2D eigenvalue weighted by atomic mass is 10.1. The summed E-state index contributed by atoms with van der Waals surface area (Å²) in [6.07, 6.45) is 9.38. The number of aromatic nitrogens is 1. The maximum atomic E-state index is 5.23. The van der Waals surface area contributed by atoms with Gasteiger partial charge in [0.05, 0.1) is 0 Å². The molecule has 0 saturated heterocycles. The van der Waals surface area contributed by atoms with Gasteiger partial charge >= 0.3 is 0 Å². The van der Waals surface area contributed by atoms with Gasteiger partial charge in [0.15, 0.2) is 0 Å². The van der Waals surface area contributed by atoms with E-state index < -0.39 is 0 Å². The first-order chi connectivity index (χ1) is 5.88. The van der Waals surface area contributed by atoms with Crippen LogP contribution in [-0.2, 0) is 0 Å². The van der Waals surface area contributed by atoms with Crippen LogP contribution in [0.3, 0.4) is 0 Å². The molecule has 0 saturated carbocycles. The average molecular weight is 155 g/mol. The average Bonchev–Trinajstić information content (AvgIpc) is 2.15. The molecule has 0 amide bonds. The Hall–Kier alpha value is -1.31. The van der Waals surface area contributed by atoms with Gasteiger partial charge in [-0.1, -0.05) is 18.2 Å². The van der Waals surface area contributed by atoms with E-state index in [9.17, 15) is 0 Å². The highest BCUT2D eigenvalue weighted by Gasteiger charge is 1.79. The second kappa shape index (κ2) is 4.55. The quantitative estimate of drug-likeness (QED) is 0.533. The second-order valence-corrected chi connectivity index (χ2v) is 2.34. The molecule has 0 aromatic carbocycles. The van der Waals surface area contributed by atoms with Gasteiger partial charge in [-0.25, -0.2) is 0 Å². The molecule has 0 aliphatic carbocycles. The largest absolute Gasteiger partial charge is 0.264 e. The summed E-state index contributed by atoms with van der Waals surface area (Å²) in [7, 11) is 5.23. The summed E-state index contributed by atoms with van der Waals surface area (Å²) in [6, 6.07) is 1.95. The molecule has 1 heterocycles. The SMILES string of the molecule is [B]\C=C/C=c1/ccnc/c1=C/C. The van der Waals surface area contributed by atoms with Gasteiger partial charge in [-0.15, -0.1) is 5.98 Å². The van der Waals surface area contributed by atoms with Crippen LogP contribution < -0.4 is 10.4 Å². The van der Waals surface area contributed by atoms with E-state index in [1.807, 2.05) is 37.4 Å². The summed E-state index contributed by atoms with van der Waals surface area (Å²) in [4.78, 5) is 4.02. The molecule has 1 nitrogen and oxygen atoms in total. The van der Waals surface area contributed by atoms with E-state index in [1.54, 1.807) is 6.20 Å². The maximum Gasteiger partial charge on any atom is 0.102 e. The topological polar surface area (TPSA) is 12.9 Å². The summed E-state index contributed by atoms with van der Waals surface area (Å²) in [5.41, 5.74) is 0. The molecule has 12 heavy (non-hydrogen) atoms. The van der Waals surface area contributed by atoms with Crippen molar-refractivity contribution in [1.82, 2.24) is 4.98 Å². The first-order valence-electron chi connectivity index (χ1n) is 3.83. The van der Waals surface area contributed by atoms with E-state index >= 15 is 0 Å². The van der Waals surface area contributed by atoms with Crippen molar-refractivity contribution >= 4 is 20.0 Å². The van der Waals surface area contributed by atoms with Crippen LogP contribution in [-0.4, -0.2) is 12.8 Å². The number of allylic oxidation sites excluding steroid dienone is 1.